The Morgan fingerprint density at radius 1 is 1.08 bits per heavy atom. The molecule has 134 valence electrons. The highest BCUT2D eigenvalue weighted by Gasteiger charge is 2.38. The minimum Gasteiger partial charge on any atom is -0.496 e. The van der Waals surface area contributed by atoms with Gasteiger partial charge in [-0.15, -0.1) is 0 Å². The summed E-state index contributed by atoms with van der Waals surface area (Å²) >= 11 is 0. The van der Waals surface area contributed by atoms with Crippen molar-refractivity contribution in [1.29, 1.82) is 0 Å². The summed E-state index contributed by atoms with van der Waals surface area (Å²) in [7, 11) is -2.84. The van der Waals surface area contributed by atoms with E-state index >= 15 is 0 Å². The van der Waals surface area contributed by atoms with Crippen LogP contribution in [-0.2, 0) is 18.2 Å². The second-order valence-electron chi connectivity index (χ2n) is 4.61. The summed E-state index contributed by atoms with van der Waals surface area (Å²) in [5, 5.41) is 0. The summed E-state index contributed by atoms with van der Waals surface area (Å²) in [4.78, 5) is 12.5. The van der Waals surface area contributed by atoms with Crippen LogP contribution in [0, 0.1) is 0 Å². The maximum atomic E-state index is 12.5. The van der Waals surface area contributed by atoms with Gasteiger partial charge in [0.2, 0.25) is 0 Å². The molecule has 0 aliphatic heterocycles. The topological polar surface area (TPSA) is 88.1 Å². The van der Waals surface area contributed by atoms with Crippen molar-refractivity contribution in [2.24, 2.45) is 0 Å². The van der Waals surface area contributed by atoms with Crippen molar-refractivity contribution >= 4 is 20.9 Å². The first-order chi connectivity index (χ1) is 11.4. The molecule has 0 saturated carbocycles. The van der Waals surface area contributed by atoms with E-state index in [-0.39, 0.29) is 42.6 Å². The standard InChI is InChI=1S/C15H23O7P2/c1-5-21-24(18,22-6-2)11-10-23(17)15(16)14-12(19-3)8-7-9-13(14)20-4/h7-9H,5-6,10-11H2,1-4H3/q+1. The molecule has 0 radical (unpaired) electrons. The summed E-state index contributed by atoms with van der Waals surface area (Å²) in [5.41, 5.74) is -0.495. The molecule has 0 aromatic heterocycles. The van der Waals surface area contributed by atoms with E-state index in [0.29, 0.717) is 0 Å². The molecule has 1 unspecified atom stereocenters. The lowest BCUT2D eigenvalue weighted by atomic mass is 10.2. The zero-order chi connectivity index (χ0) is 18.2. The van der Waals surface area contributed by atoms with E-state index in [1.807, 2.05) is 0 Å². The molecule has 0 bridgehead atoms. The highest BCUT2D eigenvalue weighted by molar-refractivity contribution is 7.65. The van der Waals surface area contributed by atoms with Crippen LogP contribution in [0.5, 0.6) is 11.5 Å². The number of carbonyl (C=O) groups excluding carboxylic acids is 1. The number of carbonyl (C=O) groups is 1. The Balaban J connectivity index is 2.93. The molecule has 0 aliphatic rings. The van der Waals surface area contributed by atoms with Gasteiger partial charge < -0.3 is 18.5 Å². The molecule has 0 spiro atoms. The Bertz CT molecular complexity index is 598. The molecule has 24 heavy (non-hydrogen) atoms. The van der Waals surface area contributed by atoms with Crippen molar-refractivity contribution in [3.05, 3.63) is 23.8 Å². The molecule has 1 aromatic carbocycles. The van der Waals surface area contributed by atoms with Gasteiger partial charge in [-0.2, -0.15) is 0 Å². The van der Waals surface area contributed by atoms with Crippen molar-refractivity contribution in [3.8, 4) is 11.5 Å². The lowest BCUT2D eigenvalue weighted by Gasteiger charge is -2.14. The Morgan fingerprint density at radius 2 is 1.58 bits per heavy atom. The van der Waals surface area contributed by atoms with Crippen LogP contribution in [0.25, 0.3) is 0 Å². The molecule has 0 amide bonds. The van der Waals surface area contributed by atoms with Gasteiger partial charge in [0.25, 0.3) is 0 Å². The predicted octanol–water partition coefficient (Wildman–Crippen LogP) is 3.94. The SMILES string of the molecule is CCOP(=O)(CC[P+](=O)C(=O)c1c(OC)cccc1OC)OCC. The average Bonchev–Trinajstić information content (AvgIpc) is 2.58. The van der Waals surface area contributed by atoms with E-state index in [1.165, 1.54) is 14.2 Å². The quantitative estimate of drug-likeness (QED) is 0.540. The summed E-state index contributed by atoms with van der Waals surface area (Å²) in [5.74, 6) is 0.556. The monoisotopic (exact) mass is 377 g/mol. The minimum atomic E-state index is -3.34. The highest BCUT2D eigenvalue weighted by atomic mass is 31.2. The largest absolute Gasteiger partial charge is 0.496 e. The van der Waals surface area contributed by atoms with Crippen LogP contribution in [-0.4, -0.2) is 45.3 Å². The van der Waals surface area contributed by atoms with Crippen LogP contribution >= 0.6 is 15.4 Å². The maximum absolute atomic E-state index is 12.5. The fraction of sp³-hybridized carbons (Fsp3) is 0.533. The third kappa shape index (κ3) is 5.38. The molecule has 9 heteroatoms. The van der Waals surface area contributed by atoms with Crippen LogP contribution in [0.4, 0.5) is 0 Å². The molecule has 0 aliphatic carbocycles. The number of hydrogen-bond acceptors (Lipinski definition) is 7. The third-order valence-electron chi connectivity index (χ3n) is 3.10. The smallest absolute Gasteiger partial charge is 0.421 e. The van der Waals surface area contributed by atoms with Crippen molar-refractivity contribution < 1.29 is 32.4 Å². The molecule has 0 saturated heterocycles. The van der Waals surface area contributed by atoms with Crippen LogP contribution in [0.15, 0.2) is 18.2 Å². The first-order valence-corrected chi connectivity index (χ1v) is 10.7. The van der Waals surface area contributed by atoms with Gasteiger partial charge in [-0.25, -0.2) is 4.79 Å². The van der Waals surface area contributed by atoms with Gasteiger partial charge in [-0.1, -0.05) is 10.6 Å². The first-order valence-electron chi connectivity index (χ1n) is 7.50. The Hall–Kier alpha value is -1.26. The molecule has 1 atom stereocenters. The normalized spacial score (nSPS) is 11.9. The average molecular weight is 377 g/mol. The zero-order valence-corrected chi connectivity index (χ0v) is 16.1. The summed E-state index contributed by atoms with van der Waals surface area (Å²) < 4.78 is 45.4. The summed E-state index contributed by atoms with van der Waals surface area (Å²) in [6.45, 7) is 3.80. The van der Waals surface area contributed by atoms with E-state index in [2.05, 4.69) is 0 Å². The summed E-state index contributed by atoms with van der Waals surface area (Å²) in [6.07, 6.45) is -0.195. The Morgan fingerprint density at radius 3 is 2.00 bits per heavy atom. The van der Waals surface area contributed by atoms with Crippen molar-refractivity contribution in [2.45, 2.75) is 13.8 Å². The van der Waals surface area contributed by atoms with Crippen LogP contribution in [0.3, 0.4) is 0 Å². The van der Waals surface area contributed by atoms with Gasteiger partial charge in [0.15, 0.2) is 11.7 Å². The molecule has 0 heterocycles. The van der Waals surface area contributed by atoms with E-state index in [1.54, 1.807) is 32.0 Å². The number of ether oxygens (including phenoxy) is 2. The van der Waals surface area contributed by atoms with E-state index in [4.69, 9.17) is 18.5 Å². The zero-order valence-electron chi connectivity index (χ0n) is 14.3. The van der Waals surface area contributed by atoms with Crippen LogP contribution in [0.2, 0.25) is 0 Å². The molecule has 1 aromatic rings. The van der Waals surface area contributed by atoms with Crippen LogP contribution < -0.4 is 9.47 Å². The lowest BCUT2D eigenvalue weighted by Crippen LogP contribution is -2.06. The van der Waals surface area contributed by atoms with E-state index in [0.717, 1.165) is 0 Å². The second kappa shape index (κ2) is 9.90. The molecular formula is C15H23O7P2+. The van der Waals surface area contributed by atoms with E-state index < -0.39 is 20.9 Å². The van der Waals surface area contributed by atoms with Crippen molar-refractivity contribution in [2.75, 3.05) is 39.8 Å². The third-order valence-corrected chi connectivity index (χ3v) is 6.83. The number of benzene rings is 1. The fourth-order valence-corrected chi connectivity index (χ4v) is 5.56. The first kappa shape index (κ1) is 20.8. The predicted molar refractivity (Wildman–Crippen MR) is 92.1 cm³/mol. The Kier molecular flexibility index (Phi) is 8.57. The van der Waals surface area contributed by atoms with Crippen molar-refractivity contribution in [3.63, 3.8) is 0 Å². The van der Waals surface area contributed by atoms with Gasteiger partial charge in [0.1, 0.15) is 11.5 Å². The van der Waals surface area contributed by atoms with Gasteiger partial charge in [-0.05, 0) is 26.0 Å². The van der Waals surface area contributed by atoms with Crippen LogP contribution in [0.1, 0.15) is 24.2 Å². The summed E-state index contributed by atoms with van der Waals surface area (Å²) in [6, 6.07) is 4.84. The molecule has 7 nitrogen and oxygen atoms in total. The number of rotatable bonds is 11. The van der Waals surface area contributed by atoms with Gasteiger partial charge in [0, 0.05) is 0 Å². The number of hydrogen-bond donors (Lipinski definition) is 0. The molecule has 0 N–H and O–H groups in total. The Labute approximate surface area is 142 Å². The van der Waals surface area contributed by atoms with E-state index in [9.17, 15) is 13.9 Å². The lowest BCUT2D eigenvalue weighted by molar-refractivity contribution is 0.107. The molecular weight excluding hydrogens is 354 g/mol. The molecule has 0 fully saturated rings. The molecule has 1 rings (SSSR count). The van der Waals surface area contributed by atoms with Gasteiger partial charge >= 0.3 is 20.9 Å². The maximum Gasteiger partial charge on any atom is 0.421 e. The second-order valence-corrected chi connectivity index (χ2v) is 8.41. The minimum absolute atomic E-state index is 0.0902. The van der Waals surface area contributed by atoms with Gasteiger partial charge in [0.05, 0.1) is 33.6 Å². The fourth-order valence-electron chi connectivity index (χ4n) is 2.06. The van der Waals surface area contributed by atoms with Gasteiger partial charge in [-0.3, -0.25) is 4.57 Å². The number of methoxy groups -OCH3 is 2. The highest BCUT2D eigenvalue weighted by Crippen LogP contribution is 2.50. The van der Waals surface area contributed by atoms with Crippen molar-refractivity contribution in [1.82, 2.24) is 0 Å².